The molecular weight excluding hydrogens is 182 g/mol. The molecule has 1 aromatic heterocycles. The predicted octanol–water partition coefficient (Wildman–Crippen LogP) is 0.932. The number of nitrogens with zero attached hydrogens (tertiary/aromatic N) is 1. The first-order valence-corrected chi connectivity index (χ1v) is 4.57. The number of rotatable bonds is 4. The molecule has 1 rings (SSSR count). The van der Waals surface area contributed by atoms with Gasteiger partial charge in [0.1, 0.15) is 6.54 Å². The summed E-state index contributed by atoms with van der Waals surface area (Å²) in [7, 11) is 0. The van der Waals surface area contributed by atoms with Crippen molar-refractivity contribution in [2.45, 2.75) is 33.1 Å². The van der Waals surface area contributed by atoms with E-state index in [1.54, 1.807) is 23.0 Å². The summed E-state index contributed by atoms with van der Waals surface area (Å²) < 4.78 is 6.67. The summed E-state index contributed by atoms with van der Waals surface area (Å²) in [5, 5.41) is 8.80. The van der Waals surface area contributed by atoms with Crippen molar-refractivity contribution >= 4 is 5.97 Å². The predicted molar refractivity (Wildman–Crippen MR) is 51.6 cm³/mol. The fourth-order valence-electron chi connectivity index (χ4n) is 1.13. The van der Waals surface area contributed by atoms with Gasteiger partial charge in [0.15, 0.2) is 0 Å². The van der Waals surface area contributed by atoms with Crippen molar-refractivity contribution in [3.8, 4) is 0 Å². The van der Waals surface area contributed by atoms with Crippen LogP contribution in [0.3, 0.4) is 0 Å². The van der Waals surface area contributed by atoms with Crippen LogP contribution in [0.25, 0.3) is 0 Å². The van der Waals surface area contributed by atoms with Crippen molar-refractivity contribution in [3.05, 3.63) is 24.0 Å². The van der Waals surface area contributed by atoms with E-state index in [4.69, 9.17) is 9.84 Å². The molecule has 0 radical (unpaired) electrons. The minimum Gasteiger partial charge on any atom is -0.462 e. The molecular formula is C10H15NO3. The Kier molecular flexibility index (Phi) is 3.71. The quantitative estimate of drug-likeness (QED) is 0.730. The fourth-order valence-corrected chi connectivity index (χ4v) is 1.13. The van der Waals surface area contributed by atoms with Crippen LogP contribution < -0.4 is 0 Å². The van der Waals surface area contributed by atoms with Crippen LogP contribution in [0.5, 0.6) is 0 Å². The Labute approximate surface area is 83.1 Å². The number of aliphatic hydroxyl groups is 1. The molecule has 0 saturated heterocycles. The highest BCUT2D eigenvalue weighted by Gasteiger charge is 2.06. The van der Waals surface area contributed by atoms with Crippen molar-refractivity contribution in [2.24, 2.45) is 0 Å². The van der Waals surface area contributed by atoms with E-state index >= 15 is 0 Å². The van der Waals surface area contributed by atoms with Gasteiger partial charge in [-0.3, -0.25) is 4.79 Å². The Morgan fingerprint density at radius 2 is 2.36 bits per heavy atom. The minimum absolute atomic E-state index is 0.00771. The molecule has 4 heteroatoms. The highest BCUT2D eigenvalue weighted by Crippen LogP contribution is 2.01. The lowest BCUT2D eigenvalue weighted by Gasteiger charge is -2.07. The second-order valence-corrected chi connectivity index (χ2v) is 3.39. The third kappa shape index (κ3) is 3.22. The van der Waals surface area contributed by atoms with Gasteiger partial charge in [0.25, 0.3) is 0 Å². The lowest BCUT2D eigenvalue weighted by Crippen LogP contribution is -2.16. The maximum atomic E-state index is 11.2. The van der Waals surface area contributed by atoms with Crippen LogP contribution >= 0.6 is 0 Å². The number of hydrogen-bond donors (Lipinski definition) is 1. The third-order valence-electron chi connectivity index (χ3n) is 1.67. The maximum Gasteiger partial charge on any atom is 0.326 e. The lowest BCUT2D eigenvalue weighted by molar-refractivity contribution is -0.148. The molecule has 0 fully saturated rings. The molecule has 0 unspecified atom stereocenters. The third-order valence-corrected chi connectivity index (χ3v) is 1.67. The van der Waals surface area contributed by atoms with E-state index in [-0.39, 0.29) is 25.2 Å². The van der Waals surface area contributed by atoms with E-state index < -0.39 is 0 Å². The van der Waals surface area contributed by atoms with Crippen LogP contribution in [0.2, 0.25) is 0 Å². The zero-order valence-corrected chi connectivity index (χ0v) is 8.43. The van der Waals surface area contributed by atoms with Crippen LogP contribution in [-0.4, -0.2) is 21.7 Å². The molecule has 0 amide bonds. The fraction of sp³-hybridized carbons (Fsp3) is 0.500. The maximum absolute atomic E-state index is 11.2. The molecule has 0 aliphatic rings. The highest BCUT2D eigenvalue weighted by atomic mass is 16.5. The second-order valence-electron chi connectivity index (χ2n) is 3.39. The zero-order valence-electron chi connectivity index (χ0n) is 8.43. The number of esters is 1. The van der Waals surface area contributed by atoms with E-state index in [9.17, 15) is 4.79 Å². The molecule has 0 bridgehead atoms. The Hall–Kier alpha value is -1.29. The van der Waals surface area contributed by atoms with Gasteiger partial charge in [-0.2, -0.15) is 0 Å². The lowest BCUT2D eigenvalue weighted by atomic mass is 10.4. The van der Waals surface area contributed by atoms with Gasteiger partial charge in [-0.05, 0) is 25.5 Å². The van der Waals surface area contributed by atoms with Crippen molar-refractivity contribution in [3.63, 3.8) is 0 Å². The molecule has 0 aromatic carbocycles. The summed E-state index contributed by atoms with van der Waals surface area (Å²) in [5.41, 5.74) is 0.794. The Bertz CT molecular complexity index is 304. The van der Waals surface area contributed by atoms with Crippen molar-refractivity contribution < 1.29 is 14.6 Å². The molecule has 1 heterocycles. The summed E-state index contributed by atoms with van der Waals surface area (Å²) >= 11 is 0. The van der Waals surface area contributed by atoms with Gasteiger partial charge in [0.2, 0.25) is 0 Å². The van der Waals surface area contributed by atoms with E-state index in [0.29, 0.717) is 0 Å². The molecule has 4 nitrogen and oxygen atoms in total. The molecule has 14 heavy (non-hydrogen) atoms. The number of hydrogen-bond acceptors (Lipinski definition) is 3. The summed E-state index contributed by atoms with van der Waals surface area (Å²) in [6, 6.07) is 1.77. The summed E-state index contributed by atoms with van der Waals surface area (Å²) in [4.78, 5) is 11.2. The Balaban J connectivity index is 2.47. The molecule has 0 spiro atoms. The van der Waals surface area contributed by atoms with Gasteiger partial charge in [0.05, 0.1) is 12.7 Å². The largest absolute Gasteiger partial charge is 0.462 e. The van der Waals surface area contributed by atoms with Crippen LogP contribution in [0, 0.1) is 0 Å². The number of carbonyl (C=O) groups excluding carboxylic acids is 1. The average molecular weight is 197 g/mol. The molecule has 0 atom stereocenters. The summed E-state index contributed by atoms with van der Waals surface area (Å²) in [6.45, 7) is 3.81. The van der Waals surface area contributed by atoms with Gasteiger partial charge in [0, 0.05) is 12.4 Å². The number of aromatic nitrogens is 1. The topological polar surface area (TPSA) is 51.5 Å². The van der Waals surface area contributed by atoms with Crippen molar-refractivity contribution in [1.29, 1.82) is 0 Å². The molecule has 0 aliphatic carbocycles. The minimum atomic E-state index is -0.264. The molecule has 78 valence electrons. The summed E-state index contributed by atoms with van der Waals surface area (Å²) in [5.74, 6) is -0.264. The average Bonchev–Trinajstić information content (AvgIpc) is 2.50. The zero-order chi connectivity index (χ0) is 10.6. The molecule has 1 N–H and O–H groups in total. The monoisotopic (exact) mass is 197 g/mol. The van der Waals surface area contributed by atoms with Crippen LogP contribution in [-0.2, 0) is 22.7 Å². The van der Waals surface area contributed by atoms with E-state index in [1.807, 2.05) is 13.8 Å². The van der Waals surface area contributed by atoms with E-state index in [0.717, 1.165) is 5.56 Å². The summed E-state index contributed by atoms with van der Waals surface area (Å²) in [6.07, 6.45) is 3.38. The Morgan fingerprint density at radius 3 is 2.86 bits per heavy atom. The highest BCUT2D eigenvalue weighted by molar-refractivity contribution is 5.69. The number of carbonyl (C=O) groups is 1. The number of aliphatic hydroxyl groups excluding tert-OH is 1. The van der Waals surface area contributed by atoms with Gasteiger partial charge in [-0.25, -0.2) is 0 Å². The first-order valence-electron chi connectivity index (χ1n) is 4.57. The SMILES string of the molecule is CC(C)OC(=O)Cn1ccc(CO)c1. The van der Waals surface area contributed by atoms with Gasteiger partial charge in [-0.1, -0.05) is 0 Å². The van der Waals surface area contributed by atoms with E-state index in [2.05, 4.69) is 0 Å². The Morgan fingerprint density at radius 1 is 1.64 bits per heavy atom. The normalized spacial score (nSPS) is 10.6. The first kappa shape index (κ1) is 10.8. The smallest absolute Gasteiger partial charge is 0.326 e. The van der Waals surface area contributed by atoms with Crippen LogP contribution in [0.4, 0.5) is 0 Å². The van der Waals surface area contributed by atoms with Crippen molar-refractivity contribution in [2.75, 3.05) is 0 Å². The first-order chi connectivity index (χ1) is 6.61. The second kappa shape index (κ2) is 4.81. The molecule has 0 aliphatic heterocycles. The van der Waals surface area contributed by atoms with Crippen LogP contribution in [0.1, 0.15) is 19.4 Å². The standard InChI is InChI=1S/C10H15NO3/c1-8(2)14-10(13)6-11-4-3-9(5-11)7-12/h3-5,8,12H,6-7H2,1-2H3. The van der Waals surface area contributed by atoms with Gasteiger partial charge < -0.3 is 14.4 Å². The van der Waals surface area contributed by atoms with Crippen molar-refractivity contribution in [1.82, 2.24) is 4.57 Å². The van der Waals surface area contributed by atoms with Crippen LogP contribution in [0.15, 0.2) is 18.5 Å². The van der Waals surface area contributed by atoms with Gasteiger partial charge in [-0.15, -0.1) is 0 Å². The van der Waals surface area contributed by atoms with Gasteiger partial charge >= 0.3 is 5.97 Å². The van der Waals surface area contributed by atoms with E-state index in [1.165, 1.54) is 0 Å². The molecule has 1 aromatic rings. The number of ether oxygens (including phenoxy) is 1. The molecule has 0 saturated carbocycles.